The van der Waals surface area contributed by atoms with Gasteiger partial charge in [0.2, 0.25) is 27.7 Å². The van der Waals surface area contributed by atoms with Crippen LogP contribution in [0.25, 0.3) is 5.69 Å². The van der Waals surface area contributed by atoms with Gasteiger partial charge >= 0.3 is 0 Å². The number of hydrogen-bond acceptors (Lipinski definition) is 12. The maximum absolute atomic E-state index is 13.6. The number of anilines is 1. The van der Waals surface area contributed by atoms with Crippen LogP contribution in [0.3, 0.4) is 0 Å². The van der Waals surface area contributed by atoms with Gasteiger partial charge in [-0.25, -0.2) is 18.4 Å². The molecule has 1 aliphatic rings. The largest absolute Gasteiger partial charge is 0.479 e. The lowest BCUT2D eigenvalue weighted by atomic mass is 9.86. The summed E-state index contributed by atoms with van der Waals surface area (Å²) in [5.74, 6) is 0.0704. The van der Waals surface area contributed by atoms with Crippen molar-refractivity contribution >= 4 is 27.6 Å². The number of aliphatic hydroxyl groups is 1. The Morgan fingerprint density at radius 2 is 1.68 bits per heavy atom. The molecule has 14 nitrogen and oxygen atoms in total. The summed E-state index contributed by atoms with van der Waals surface area (Å²) in [4.78, 5) is 16.5. The van der Waals surface area contributed by atoms with Crippen molar-refractivity contribution in [2.45, 2.75) is 56.0 Å². The summed E-state index contributed by atoms with van der Waals surface area (Å²) in [7, 11) is -0.00443. The highest BCUT2D eigenvalue weighted by molar-refractivity contribution is 7.93. The first-order valence-electron chi connectivity index (χ1n) is 11.8. The van der Waals surface area contributed by atoms with E-state index >= 15 is 0 Å². The van der Waals surface area contributed by atoms with E-state index < -0.39 is 33.4 Å². The Hall–Kier alpha value is -3.14. The zero-order valence-electron chi connectivity index (χ0n) is 21.3. The van der Waals surface area contributed by atoms with Crippen molar-refractivity contribution in [3.05, 3.63) is 35.4 Å². The van der Waals surface area contributed by atoms with Gasteiger partial charge in [0.05, 0.1) is 25.3 Å². The molecule has 2 N–H and O–H groups in total. The lowest BCUT2D eigenvalue weighted by molar-refractivity contribution is 0.0950. The van der Waals surface area contributed by atoms with Crippen LogP contribution in [0.5, 0.6) is 11.8 Å². The van der Waals surface area contributed by atoms with Gasteiger partial charge in [0.1, 0.15) is 23.5 Å². The van der Waals surface area contributed by atoms with Gasteiger partial charge < -0.3 is 19.3 Å². The Bertz CT molecular complexity index is 1330. The van der Waals surface area contributed by atoms with Crippen LogP contribution in [-0.2, 0) is 14.8 Å². The number of methoxy groups -OCH3 is 3. The topological polar surface area (TPSA) is 176 Å². The van der Waals surface area contributed by atoms with Gasteiger partial charge in [-0.1, -0.05) is 24.4 Å². The van der Waals surface area contributed by atoms with Crippen LogP contribution >= 0.6 is 11.6 Å². The summed E-state index contributed by atoms with van der Waals surface area (Å²) in [5.41, 5.74) is 0.185. The summed E-state index contributed by atoms with van der Waals surface area (Å²) >= 11 is 5.88. The molecule has 1 fully saturated rings. The first kappa shape index (κ1) is 27.9. The quantitative estimate of drug-likeness (QED) is 0.364. The highest BCUT2D eigenvalue weighted by Gasteiger charge is 2.37. The normalized spacial score (nSPS) is 19.5. The minimum atomic E-state index is -4.18. The van der Waals surface area contributed by atoms with Crippen molar-refractivity contribution in [1.82, 2.24) is 34.7 Å². The van der Waals surface area contributed by atoms with Gasteiger partial charge in [0.15, 0.2) is 11.5 Å². The lowest BCUT2D eigenvalue weighted by Gasteiger charge is -2.28. The number of rotatable bonds is 10. The van der Waals surface area contributed by atoms with Gasteiger partial charge in [-0.3, -0.25) is 9.29 Å². The van der Waals surface area contributed by atoms with Crippen LogP contribution in [0.4, 0.5) is 5.95 Å². The zero-order valence-corrected chi connectivity index (χ0v) is 22.8. The Morgan fingerprint density at radius 3 is 2.26 bits per heavy atom. The van der Waals surface area contributed by atoms with Gasteiger partial charge in [-0.2, -0.15) is 9.97 Å². The minimum absolute atomic E-state index is 0.0982. The van der Waals surface area contributed by atoms with Crippen LogP contribution in [0.2, 0.25) is 5.02 Å². The number of sulfonamides is 1. The van der Waals surface area contributed by atoms with E-state index in [1.807, 2.05) is 0 Å². The van der Waals surface area contributed by atoms with E-state index in [9.17, 15) is 13.5 Å². The second-order valence-electron chi connectivity index (χ2n) is 8.68. The van der Waals surface area contributed by atoms with E-state index in [2.05, 4.69) is 34.9 Å². The van der Waals surface area contributed by atoms with Crippen molar-refractivity contribution in [2.75, 3.05) is 26.1 Å². The number of hydrogen-bond donors (Lipinski definition) is 2. The Kier molecular flexibility index (Phi) is 8.60. The summed E-state index contributed by atoms with van der Waals surface area (Å²) in [6, 6.07) is 0. The highest BCUT2D eigenvalue weighted by atomic mass is 35.5. The fraction of sp³-hybridized carbons (Fsp3) is 0.545. The third-order valence-electron chi connectivity index (χ3n) is 6.41. The summed E-state index contributed by atoms with van der Waals surface area (Å²) in [5, 5.41) is 18.3. The molecule has 0 bridgehead atoms. The van der Waals surface area contributed by atoms with Gasteiger partial charge in [0, 0.05) is 25.4 Å². The van der Waals surface area contributed by atoms with Crippen LogP contribution in [0, 0.1) is 0 Å². The molecular formula is C22H29ClN8O6S. The maximum Gasteiger partial charge on any atom is 0.245 e. The predicted molar refractivity (Wildman–Crippen MR) is 136 cm³/mol. The number of halogens is 1. The smallest absolute Gasteiger partial charge is 0.245 e. The molecule has 206 valence electrons. The number of ether oxygens (including phenoxy) is 3. The van der Waals surface area contributed by atoms with Crippen LogP contribution in [0.15, 0.2) is 18.7 Å². The maximum atomic E-state index is 13.6. The number of nitrogens with zero attached hydrogens (tertiary/aromatic N) is 7. The molecule has 0 aliphatic heterocycles. The molecule has 3 heterocycles. The Balaban J connectivity index is 1.80. The van der Waals surface area contributed by atoms with E-state index in [-0.39, 0.29) is 29.2 Å². The molecule has 0 radical (unpaired) electrons. The van der Waals surface area contributed by atoms with Crippen LogP contribution < -0.4 is 14.2 Å². The third-order valence-corrected chi connectivity index (χ3v) is 8.30. The SMILES string of the molecule is COc1ncnc(OC)c1-n1c(NS(=O)(=O)C(C)C(OC)c2ncc(Cl)cn2)nnc1[C@@H]1CCCC[C@@H]1O. The van der Waals surface area contributed by atoms with Crippen molar-refractivity contribution in [2.24, 2.45) is 0 Å². The molecule has 0 aromatic carbocycles. The first-order valence-corrected chi connectivity index (χ1v) is 13.7. The Labute approximate surface area is 224 Å². The van der Waals surface area contributed by atoms with E-state index in [0.29, 0.717) is 23.7 Å². The van der Waals surface area contributed by atoms with Gasteiger partial charge in [-0.15, -0.1) is 10.2 Å². The van der Waals surface area contributed by atoms with Crippen molar-refractivity contribution in [1.29, 1.82) is 0 Å². The Morgan fingerprint density at radius 1 is 1.05 bits per heavy atom. The first-order chi connectivity index (χ1) is 18.2. The lowest BCUT2D eigenvalue weighted by Crippen LogP contribution is -2.33. The molecule has 16 heteroatoms. The molecule has 0 spiro atoms. The van der Waals surface area contributed by atoms with Gasteiger partial charge in [-0.05, 0) is 19.8 Å². The van der Waals surface area contributed by atoms with E-state index in [1.54, 1.807) is 0 Å². The fourth-order valence-electron chi connectivity index (χ4n) is 4.43. The molecular weight excluding hydrogens is 540 g/mol. The molecule has 2 unspecified atom stereocenters. The molecule has 1 aliphatic carbocycles. The number of nitrogens with one attached hydrogen (secondary N) is 1. The molecule has 3 aromatic heterocycles. The summed E-state index contributed by atoms with van der Waals surface area (Å²) < 4.78 is 47.4. The van der Waals surface area contributed by atoms with Crippen molar-refractivity contribution < 1.29 is 27.7 Å². The van der Waals surface area contributed by atoms with Crippen LogP contribution in [0.1, 0.15) is 56.3 Å². The van der Waals surface area contributed by atoms with Crippen molar-refractivity contribution in [3.8, 4) is 17.4 Å². The highest BCUT2D eigenvalue weighted by Crippen LogP contribution is 2.39. The average molecular weight is 569 g/mol. The third kappa shape index (κ3) is 5.50. The standard InChI is InChI=1S/C22H29ClN8O6S/c1-12(17(35-2)18-24-9-13(23)10-25-18)38(33,34)30-22-29-28-19(14-7-5-6-8-15(14)32)31(22)16-20(36-3)26-11-27-21(16)37-4/h9-12,14-15,17,32H,5-8H2,1-4H3,(H,29,30)/t12?,14-,15+,17?/m1/s1. The fourth-order valence-corrected chi connectivity index (χ4v) is 5.66. The van der Waals surface area contributed by atoms with Crippen molar-refractivity contribution in [3.63, 3.8) is 0 Å². The molecule has 0 amide bonds. The monoisotopic (exact) mass is 568 g/mol. The molecule has 38 heavy (non-hydrogen) atoms. The second kappa shape index (κ2) is 11.7. The van der Waals surface area contributed by atoms with Crippen LogP contribution in [-0.4, -0.2) is 80.9 Å². The van der Waals surface area contributed by atoms with E-state index in [1.165, 1.54) is 51.5 Å². The summed E-state index contributed by atoms with van der Waals surface area (Å²) in [6.07, 6.45) is 5.18. The summed E-state index contributed by atoms with van der Waals surface area (Å²) in [6.45, 7) is 1.45. The molecule has 0 saturated heterocycles. The molecule has 4 atom stereocenters. The minimum Gasteiger partial charge on any atom is -0.479 e. The molecule has 3 aromatic rings. The number of aromatic nitrogens is 7. The van der Waals surface area contributed by atoms with E-state index in [4.69, 9.17) is 25.8 Å². The predicted octanol–water partition coefficient (Wildman–Crippen LogP) is 2.05. The number of aliphatic hydroxyl groups excluding tert-OH is 1. The van der Waals surface area contributed by atoms with E-state index in [0.717, 1.165) is 12.8 Å². The molecule has 1 saturated carbocycles. The average Bonchev–Trinajstić information content (AvgIpc) is 3.31. The second-order valence-corrected chi connectivity index (χ2v) is 11.2. The molecule has 4 rings (SSSR count). The zero-order chi connectivity index (χ0) is 27.4. The van der Waals surface area contributed by atoms with Gasteiger partial charge in [0.25, 0.3) is 0 Å².